The third-order valence-electron chi connectivity index (χ3n) is 7.96. The topological polar surface area (TPSA) is 142 Å². The van der Waals surface area contributed by atoms with Gasteiger partial charge in [-0.1, -0.05) is 41.4 Å². The summed E-state index contributed by atoms with van der Waals surface area (Å²) in [6.45, 7) is 3.81. The first-order valence-electron chi connectivity index (χ1n) is 13.9. The number of likely N-dealkylation sites (tertiary alicyclic amines) is 1. The molecule has 4 N–H and O–H groups in total. The van der Waals surface area contributed by atoms with Gasteiger partial charge in [0.05, 0.1) is 5.02 Å². The number of halogens is 4. The Bertz CT molecular complexity index is 1620. The number of rotatable bonds is 8. The summed E-state index contributed by atoms with van der Waals surface area (Å²) >= 11 is 13.2. The molecule has 15 heteroatoms. The maximum Gasteiger partial charge on any atom is 0.245 e. The summed E-state index contributed by atoms with van der Waals surface area (Å²) in [6, 6.07) is 11.5. The fraction of sp³-hybridized carbons (Fsp3) is 0.414. The summed E-state index contributed by atoms with van der Waals surface area (Å²) in [4.78, 5) is 19.4. The van der Waals surface area contributed by atoms with Crippen LogP contribution in [0.3, 0.4) is 0 Å². The number of aryl methyl sites for hydroxylation is 1. The van der Waals surface area contributed by atoms with Crippen LogP contribution >= 0.6 is 48.0 Å². The molecule has 1 aromatic heterocycles. The van der Waals surface area contributed by atoms with E-state index >= 15 is 0 Å². The molecule has 1 atom stereocenters. The smallest absolute Gasteiger partial charge is 0.245 e. The van der Waals surface area contributed by atoms with Gasteiger partial charge in [-0.25, -0.2) is 13.4 Å². The van der Waals surface area contributed by atoms with Crippen LogP contribution in [0.4, 0.5) is 0 Å². The molecule has 0 unspecified atom stereocenters. The number of benzene rings is 2. The maximum absolute atomic E-state index is 13.9. The molecule has 0 bridgehead atoms. The number of para-hydroxylation sites is 1. The number of carbonyl (C=O) groups excluding carboxylic acids is 1. The SMILES string of the molecule is Cc1ccc2cccc(OCc3c(Cl)ccc(S(=O)(=O)N4CCC[C@H]4C(=O)NCC4CCN(C(=N)N)CC4)c3Cl)c2n1.Cl.Cl. The third-order valence-corrected chi connectivity index (χ3v) is 10.8. The Morgan fingerprint density at radius 2 is 1.82 bits per heavy atom. The summed E-state index contributed by atoms with van der Waals surface area (Å²) in [5.41, 5.74) is 7.43. The summed E-state index contributed by atoms with van der Waals surface area (Å²) < 4.78 is 35.0. The number of fused-ring (bicyclic) bond motifs is 1. The normalized spacial score (nSPS) is 17.5. The van der Waals surface area contributed by atoms with Crippen molar-refractivity contribution in [1.29, 1.82) is 5.41 Å². The van der Waals surface area contributed by atoms with Crippen molar-refractivity contribution in [3.63, 3.8) is 0 Å². The number of amides is 1. The Kier molecular flexibility index (Phi) is 12.4. The second-order valence-corrected chi connectivity index (χ2v) is 13.4. The zero-order valence-electron chi connectivity index (χ0n) is 24.1. The number of nitrogens with one attached hydrogen (secondary N) is 2. The van der Waals surface area contributed by atoms with E-state index in [4.69, 9.17) is 39.1 Å². The van der Waals surface area contributed by atoms with Crippen molar-refractivity contribution in [2.24, 2.45) is 11.7 Å². The van der Waals surface area contributed by atoms with Crippen molar-refractivity contribution in [1.82, 2.24) is 19.5 Å². The predicted octanol–water partition coefficient (Wildman–Crippen LogP) is 5.15. The van der Waals surface area contributed by atoms with Crippen LogP contribution in [0.25, 0.3) is 10.9 Å². The van der Waals surface area contributed by atoms with Crippen LogP contribution < -0.4 is 15.8 Å². The molecule has 3 aromatic rings. The van der Waals surface area contributed by atoms with Crippen molar-refractivity contribution in [2.75, 3.05) is 26.2 Å². The van der Waals surface area contributed by atoms with E-state index < -0.39 is 16.1 Å². The summed E-state index contributed by atoms with van der Waals surface area (Å²) in [6.07, 6.45) is 2.57. The minimum Gasteiger partial charge on any atom is -0.487 e. The number of guanidine groups is 1. The van der Waals surface area contributed by atoms with E-state index in [0.29, 0.717) is 49.3 Å². The third kappa shape index (κ3) is 7.63. The Hall–Kier alpha value is -2.54. The van der Waals surface area contributed by atoms with Gasteiger partial charge in [0.25, 0.3) is 0 Å². The molecule has 44 heavy (non-hydrogen) atoms. The molecule has 0 aliphatic carbocycles. The van der Waals surface area contributed by atoms with Gasteiger partial charge in [0.1, 0.15) is 28.8 Å². The number of aromatic nitrogens is 1. The van der Waals surface area contributed by atoms with Crippen LogP contribution in [-0.4, -0.2) is 66.7 Å². The van der Waals surface area contributed by atoms with Crippen LogP contribution in [-0.2, 0) is 21.4 Å². The molecule has 0 spiro atoms. The van der Waals surface area contributed by atoms with Crippen LogP contribution in [0.2, 0.25) is 10.0 Å². The van der Waals surface area contributed by atoms with Gasteiger partial charge in [-0.15, -0.1) is 24.8 Å². The molecule has 2 aromatic carbocycles. The monoisotopic (exact) mass is 704 g/mol. The first-order chi connectivity index (χ1) is 20.1. The summed E-state index contributed by atoms with van der Waals surface area (Å²) in [7, 11) is -4.12. The Balaban J connectivity index is 0.00000264. The summed E-state index contributed by atoms with van der Waals surface area (Å²) in [5, 5.41) is 11.7. The van der Waals surface area contributed by atoms with Crippen molar-refractivity contribution in [3.05, 3.63) is 63.8 Å². The van der Waals surface area contributed by atoms with Gasteiger partial charge >= 0.3 is 0 Å². The Morgan fingerprint density at radius 3 is 2.52 bits per heavy atom. The van der Waals surface area contributed by atoms with Crippen LogP contribution in [0.1, 0.15) is 36.9 Å². The summed E-state index contributed by atoms with van der Waals surface area (Å²) in [5.74, 6) is 0.503. The first-order valence-corrected chi connectivity index (χ1v) is 16.1. The molecule has 10 nitrogen and oxygen atoms in total. The average Bonchev–Trinajstić information content (AvgIpc) is 3.47. The number of hydrogen-bond donors (Lipinski definition) is 3. The van der Waals surface area contributed by atoms with E-state index in [1.54, 1.807) is 11.0 Å². The van der Waals surface area contributed by atoms with Gasteiger partial charge in [-0.2, -0.15) is 4.31 Å². The highest BCUT2D eigenvalue weighted by molar-refractivity contribution is 7.89. The lowest BCUT2D eigenvalue weighted by atomic mass is 9.97. The molecule has 0 radical (unpaired) electrons. The number of hydrogen-bond acceptors (Lipinski definition) is 6. The molecular weight excluding hydrogens is 670 g/mol. The Labute approximate surface area is 280 Å². The lowest BCUT2D eigenvalue weighted by Gasteiger charge is -2.32. The molecule has 2 aliphatic heterocycles. The number of carbonyl (C=O) groups is 1. The predicted molar refractivity (Wildman–Crippen MR) is 178 cm³/mol. The molecule has 5 rings (SSSR count). The zero-order chi connectivity index (χ0) is 30.0. The van der Waals surface area contributed by atoms with E-state index in [1.165, 1.54) is 16.4 Å². The van der Waals surface area contributed by atoms with Crippen molar-refractivity contribution in [2.45, 2.75) is 50.2 Å². The fourth-order valence-electron chi connectivity index (χ4n) is 5.55. The largest absolute Gasteiger partial charge is 0.487 e. The quantitative estimate of drug-likeness (QED) is 0.218. The fourth-order valence-corrected chi connectivity index (χ4v) is 8.07. The second-order valence-electron chi connectivity index (χ2n) is 10.7. The van der Waals surface area contributed by atoms with Crippen molar-refractivity contribution in [3.8, 4) is 5.75 Å². The molecule has 0 saturated carbocycles. The number of sulfonamides is 1. The minimum atomic E-state index is -4.12. The van der Waals surface area contributed by atoms with Crippen molar-refractivity contribution >= 4 is 80.8 Å². The second kappa shape index (κ2) is 15.2. The van der Waals surface area contributed by atoms with E-state index in [2.05, 4.69) is 10.3 Å². The molecule has 2 fully saturated rings. The number of nitrogens with two attached hydrogens (primary N) is 1. The molecule has 240 valence electrons. The van der Waals surface area contributed by atoms with Gasteiger partial charge in [0.15, 0.2) is 5.96 Å². The van der Waals surface area contributed by atoms with Crippen LogP contribution in [0.15, 0.2) is 47.4 Å². The van der Waals surface area contributed by atoms with Gasteiger partial charge in [-0.3, -0.25) is 10.2 Å². The highest BCUT2D eigenvalue weighted by atomic mass is 35.5. The lowest BCUT2D eigenvalue weighted by Crippen LogP contribution is -2.48. The zero-order valence-corrected chi connectivity index (χ0v) is 28.1. The average molecular weight is 707 g/mol. The van der Waals surface area contributed by atoms with Gasteiger partial charge in [0, 0.05) is 47.8 Å². The van der Waals surface area contributed by atoms with Crippen LogP contribution in [0.5, 0.6) is 5.75 Å². The van der Waals surface area contributed by atoms with Crippen molar-refractivity contribution < 1.29 is 17.9 Å². The first kappa shape index (κ1) is 35.9. The molecule has 1 amide bonds. The molecular formula is C29H36Cl4N6O4S. The molecule has 2 saturated heterocycles. The van der Waals surface area contributed by atoms with E-state index in [0.717, 1.165) is 23.9 Å². The number of piperidine rings is 1. The highest BCUT2D eigenvalue weighted by Crippen LogP contribution is 2.36. The van der Waals surface area contributed by atoms with E-state index in [-0.39, 0.29) is 70.7 Å². The molecule has 3 heterocycles. The number of nitrogens with zero attached hydrogens (tertiary/aromatic N) is 3. The van der Waals surface area contributed by atoms with Gasteiger partial charge in [-0.05, 0) is 62.8 Å². The maximum atomic E-state index is 13.9. The minimum absolute atomic E-state index is 0. The number of ether oxygens (including phenoxy) is 1. The molecule has 2 aliphatic rings. The van der Waals surface area contributed by atoms with Crippen LogP contribution in [0, 0.1) is 18.3 Å². The van der Waals surface area contributed by atoms with E-state index in [1.807, 2.05) is 31.2 Å². The highest BCUT2D eigenvalue weighted by Gasteiger charge is 2.41. The van der Waals surface area contributed by atoms with Gasteiger partial charge in [0.2, 0.25) is 15.9 Å². The van der Waals surface area contributed by atoms with E-state index in [9.17, 15) is 13.2 Å². The lowest BCUT2D eigenvalue weighted by molar-refractivity contribution is -0.124. The standard InChI is InChI=1S/C29H34Cl2N6O4S.2ClH/c1-18-7-8-20-4-2-6-24(27(20)35-18)41-17-21-22(30)9-10-25(26(21)31)42(39,40)37-13-3-5-23(37)28(38)34-16-19-11-14-36(15-12-19)29(32)33;;/h2,4,6-10,19,23H,3,5,11-17H2,1H3,(H3,32,33)(H,34,38);2*1H/t23-;;/m0../s1. The Morgan fingerprint density at radius 1 is 1.09 bits per heavy atom. The number of pyridine rings is 1. The van der Waals surface area contributed by atoms with Gasteiger partial charge < -0.3 is 20.7 Å².